The number of aliphatic hydroxyl groups is 2. The molecular weight excluding hydrogens is 843 g/mol. The van der Waals surface area contributed by atoms with E-state index in [-0.39, 0.29) is 12.5 Å². The van der Waals surface area contributed by atoms with E-state index in [9.17, 15) is 15.0 Å². The zero-order valence-corrected chi connectivity index (χ0v) is 45.5. The molecule has 0 rings (SSSR count). The van der Waals surface area contributed by atoms with Crippen molar-refractivity contribution in [2.45, 2.75) is 289 Å². The molecule has 396 valence electrons. The minimum absolute atomic E-state index is 0.0518. The second-order valence-electron chi connectivity index (χ2n) is 19.7. The predicted octanol–water partition coefficient (Wildman–Crippen LogP) is 19.9. The maximum absolute atomic E-state index is 12.5. The van der Waals surface area contributed by atoms with E-state index < -0.39 is 12.1 Å². The first-order valence-corrected chi connectivity index (χ1v) is 29.6. The Hall–Kier alpha value is -2.95. The molecule has 0 aliphatic rings. The maximum Gasteiger partial charge on any atom is 0.220 e. The zero-order chi connectivity index (χ0) is 49.9. The highest BCUT2D eigenvalue weighted by Gasteiger charge is 2.20. The fourth-order valence-corrected chi connectivity index (χ4v) is 8.59. The summed E-state index contributed by atoms with van der Waals surface area (Å²) in [5.74, 6) is -0.0518. The van der Waals surface area contributed by atoms with Gasteiger partial charge in [-0.15, -0.1) is 0 Å². The van der Waals surface area contributed by atoms with E-state index in [1.165, 1.54) is 154 Å². The maximum atomic E-state index is 12.5. The number of unbranched alkanes of at least 4 members (excludes halogenated alkanes) is 28. The van der Waals surface area contributed by atoms with E-state index >= 15 is 0 Å². The van der Waals surface area contributed by atoms with Crippen molar-refractivity contribution < 1.29 is 15.0 Å². The summed E-state index contributed by atoms with van der Waals surface area (Å²) in [5, 5.41) is 23.4. The van der Waals surface area contributed by atoms with E-state index in [0.29, 0.717) is 12.8 Å². The van der Waals surface area contributed by atoms with Crippen molar-refractivity contribution in [3.63, 3.8) is 0 Å². The molecule has 0 aromatic heterocycles. The number of nitrogens with one attached hydrogen (secondary N) is 1. The van der Waals surface area contributed by atoms with Crippen LogP contribution in [0.1, 0.15) is 277 Å². The summed E-state index contributed by atoms with van der Waals surface area (Å²) in [7, 11) is 0. The van der Waals surface area contributed by atoms with Crippen molar-refractivity contribution >= 4 is 5.91 Å². The molecule has 0 spiro atoms. The van der Waals surface area contributed by atoms with Crippen LogP contribution in [0.5, 0.6) is 0 Å². The largest absolute Gasteiger partial charge is 0.394 e. The molecule has 3 N–H and O–H groups in total. The average Bonchev–Trinajstić information content (AvgIpc) is 3.35. The van der Waals surface area contributed by atoms with Gasteiger partial charge in [0.2, 0.25) is 5.91 Å². The van der Waals surface area contributed by atoms with Gasteiger partial charge in [-0.3, -0.25) is 4.79 Å². The van der Waals surface area contributed by atoms with Gasteiger partial charge in [-0.05, 0) is 83.5 Å². The molecule has 0 aliphatic heterocycles. The predicted molar refractivity (Wildman–Crippen MR) is 308 cm³/mol. The Morgan fingerprint density at radius 3 is 0.957 bits per heavy atom. The van der Waals surface area contributed by atoms with Gasteiger partial charge in [-0.1, -0.05) is 297 Å². The lowest BCUT2D eigenvalue weighted by Crippen LogP contribution is -2.45. The van der Waals surface area contributed by atoms with E-state index in [0.717, 1.165) is 96.3 Å². The van der Waals surface area contributed by atoms with Crippen molar-refractivity contribution in [3.8, 4) is 0 Å². The third-order valence-electron chi connectivity index (χ3n) is 13.0. The molecule has 0 aromatic carbocycles. The minimum Gasteiger partial charge on any atom is -0.394 e. The van der Waals surface area contributed by atoms with E-state index in [2.05, 4.69) is 129 Å². The number of carbonyl (C=O) groups excluding carboxylic acids is 1. The van der Waals surface area contributed by atoms with Crippen LogP contribution in [0.15, 0.2) is 109 Å². The highest BCUT2D eigenvalue weighted by molar-refractivity contribution is 5.76. The van der Waals surface area contributed by atoms with Gasteiger partial charge in [-0.2, -0.15) is 0 Å². The summed E-state index contributed by atoms with van der Waals surface area (Å²) >= 11 is 0. The van der Waals surface area contributed by atoms with Gasteiger partial charge in [0.1, 0.15) is 0 Å². The number of amides is 1. The molecule has 0 heterocycles. The van der Waals surface area contributed by atoms with Gasteiger partial charge >= 0.3 is 0 Å². The van der Waals surface area contributed by atoms with Crippen LogP contribution < -0.4 is 5.32 Å². The van der Waals surface area contributed by atoms with Gasteiger partial charge in [0.25, 0.3) is 0 Å². The van der Waals surface area contributed by atoms with Crippen molar-refractivity contribution in [3.05, 3.63) is 109 Å². The van der Waals surface area contributed by atoms with Crippen LogP contribution in [0.3, 0.4) is 0 Å². The van der Waals surface area contributed by atoms with Crippen LogP contribution in [0, 0.1) is 0 Å². The Morgan fingerprint density at radius 1 is 0.362 bits per heavy atom. The SMILES string of the molecule is CC/C=C\C/C=C\C/C=C\C/C=C\C/C=C\C/C=C\C/C=C\C/C=C\C/C=C\CCCCCCCC(=O)NC(CO)C(O)CCCCCCCCCCCCCCCCCCCCCCCCCC. The summed E-state index contributed by atoms with van der Waals surface area (Å²) < 4.78 is 0. The topological polar surface area (TPSA) is 69.6 Å². The molecule has 4 heteroatoms. The highest BCUT2D eigenvalue weighted by Crippen LogP contribution is 2.17. The molecule has 1 amide bonds. The molecule has 2 atom stereocenters. The lowest BCUT2D eigenvalue weighted by Gasteiger charge is -2.22. The summed E-state index contributed by atoms with van der Waals surface area (Å²) in [4.78, 5) is 12.5. The highest BCUT2D eigenvalue weighted by atomic mass is 16.3. The standard InChI is InChI=1S/C65H113NO3/c1-3-5-7-9-11-13-15-17-19-21-23-25-27-29-30-31-32-33-34-35-36-37-39-41-43-45-47-49-51-53-55-57-59-61-65(69)66-63(62-67)64(68)60-58-56-54-52-50-48-46-44-42-40-38-28-26-24-22-20-18-16-14-12-10-8-6-4-2/h5,7,11,13,17,19,23,25,29-30,32-33,35-36,39,41,45,47,63-64,67-68H,3-4,6,8-10,12,14-16,18,20-22,24,26-28,31,34,37-38,40,42-44,46,48-62H2,1-2H3,(H,66,69)/b7-5-,13-11-,19-17-,25-23-,30-29-,33-32-,36-35-,41-39-,47-45-. The Labute approximate surface area is 429 Å². The summed E-state index contributed by atoms with van der Waals surface area (Å²) in [5.41, 5.74) is 0. The van der Waals surface area contributed by atoms with Crippen LogP contribution in [0.2, 0.25) is 0 Å². The van der Waals surface area contributed by atoms with E-state index in [1.807, 2.05) is 0 Å². The smallest absolute Gasteiger partial charge is 0.220 e. The molecule has 0 aliphatic carbocycles. The molecule has 0 saturated heterocycles. The molecule has 69 heavy (non-hydrogen) atoms. The van der Waals surface area contributed by atoms with Gasteiger partial charge in [0.05, 0.1) is 18.8 Å². The number of rotatable bonds is 53. The quantitative estimate of drug-likeness (QED) is 0.0420. The third-order valence-corrected chi connectivity index (χ3v) is 13.0. The average molecular weight is 957 g/mol. The van der Waals surface area contributed by atoms with Crippen LogP contribution in [0.4, 0.5) is 0 Å². The van der Waals surface area contributed by atoms with Gasteiger partial charge < -0.3 is 15.5 Å². The molecule has 0 fully saturated rings. The van der Waals surface area contributed by atoms with Gasteiger partial charge in [0, 0.05) is 6.42 Å². The van der Waals surface area contributed by atoms with Gasteiger partial charge in [0.15, 0.2) is 0 Å². The lowest BCUT2D eigenvalue weighted by atomic mass is 10.0. The van der Waals surface area contributed by atoms with E-state index in [4.69, 9.17) is 0 Å². The Bertz CT molecular complexity index is 1310. The zero-order valence-electron chi connectivity index (χ0n) is 45.5. The Balaban J connectivity index is 3.59. The Morgan fingerprint density at radius 2 is 0.638 bits per heavy atom. The van der Waals surface area contributed by atoms with Crippen LogP contribution >= 0.6 is 0 Å². The summed E-state index contributed by atoms with van der Waals surface area (Å²) in [6, 6.07) is -0.556. The lowest BCUT2D eigenvalue weighted by molar-refractivity contribution is -0.123. The van der Waals surface area contributed by atoms with E-state index in [1.54, 1.807) is 0 Å². The fraction of sp³-hybridized carbons (Fsp3) is 0.708. The molecule has 0 bridgehead atoms. The normalized spacial score (nSPS) is 13.6. The second-order valence-corrected chi connectivity index (χ2v) is 19.7. The molecule has 2 unspecified atom stereocenters. The molecule has 4 nitrogen and oxygen atoms in total. The number of aliphatic hydroxyl groups excluding tert-OH is 2. The fourth-order valence-electron chi connectivity index (χ4n) is 8.59. The van der Waals surface area contributed by atoms with Crippen LogP contribution in [-0.4, -0.2) is 34.9 Å². The van der Waals surface area contributed by atoms with Crippen molar-refractivity contribution in [2.24, 2.45) is 0 Å². The minimum atomic E-state index is -0.677. The molecule has 0 saturated carbocycles. The second kappa shape index (κ2) is 59.4. The third kappa shape index (κ3) is 55.8. The van der Waals surface area contributed by atoms with Crippen LogP contribution in [-0.2, 0) is 4.79 Å². The first kappa shape index (κ1) is 66.0. The van der Waals surface area contributed by atoms with Crippen molar-refractivity contribution in [2.75, 3.05) is 6.61 Å². The monoisotopic (exact) mass is 956 g/mol. The number of carbonyl (C=O) groups is 1. The number of hydrogen-bond donors (Lipinski definition) is 3. The summed E-state index contributed by atoms with van der Waals surface area (Å²) in [6.45, 7) is 4.25. The first-order valence-electron chi connectivity index (χ1n) is 29.6. The van der Waals surface area contributed by atoms with Crippen molar-refractivity contribution in [1.82, 2.24) is 5.32 Å². The first-order chi connectivity index (χ1) is 34.2. The number of hydrogen-bond acceptors (Lipinski definition) is 3. The molecule has 0 aromatic rings. The number of allylic oxidation sites excluding steroid dienone is 18. The van der Waals surface area contributed by atoms with Crippen molar-refractivity contribution in [1.29, 1.82) is 0 Å². The van der Waals surface area contributed by atoms with Gasteiger partial charge in [-0.25, -0.2) is 0 Å². The summed E-state index contributed by atoms with van der Waals surface area (Å²) in [6.07, 6.45) is 89.3. The molecular formula is C65H113NO3. The van der Waals surface area contributed by atoms with Crippen LogP contribution in [0.25, 0.3) is 0 Å². The molecule has 0 radical (unpaired) electrons. The Kier molecular flexibility index (Phi) is 56.8.